The van der Waals surface area contributed by atoms with Crippen molar-refractivity contribution in [2.45, 2.75) is 71.8 Å². The number of halogens is 1. The molecule has 1 aromatic heterocycles. The van der Waals surface area contributed by atoms with Gasteiger partial charge in [0.15, 0.2) is 5.78 Å². The van der Waals surface area contributed by atoms with E-state index in [9.17, 15) is 19.2 Å². The number of benzene rings is 1. The molecule has 0 spiro atoms. The van der Waals surface area contributed by atoms with Crippen molar-refractivity contribution >= 4 is 45.9 Å². The highest BCUT2D eigenvalue weighted by Gasteiger charge is 2.34. The zero-order valence-electron chi connectivity index (χ0n) is 20.9. The van der Waals surface area contributed by atoms with E-state index < -0.39 is 17.9 Å². The third-order valence-corrected chi connectivity index (χ3v) is 6.78. The summed E-state index contributed by atoms with van der Waals surface area (Å²) in [6, 6.07) is 6.17. The van der Waals surface area contributed by atoms with Gasteiger partial charge in [-0.1, -0.05) is 44.9 Å². The molecule has 1 saturated carbocycles. The number of methoxy groups -OCH3 is 1. The first-order valence-corrected chi connectivity index (χ1v) is 12.6. The molecular formula is C27H35ClN2O5. The Balaban J connectivity index is 1.77. The van der Waals surface area contributed by atoms with Crippen LogP contribution >= 0.6 is 11.6 Å². The molecule has 0 unspecified atom stereocenters. The number of amides is 1. The molecule has 2 N–H and O–H groups in total. The van der Waals surface area contributed by atoms with Crippen LogP contribution < -0.4 is 5.32 Å². The smallest absolute Gasteiger partial charge is 0.328 e. The number of Topliss-reactive ketones (excluding diaryl/α,β-unsaturated/α-hetero) is 2. The largest absolute Gasteiger partial charge is 0.467 e. The second kappa shape index (κ2) is 11.4. The Morgan fingerprint density at radius 3 is 2.60 bits per heavy atom. The molecule has 1 heterocycles. The summed E-state index contributed by atoms with van der Waals surface area (Å²) in [6.07, 6.45) is 3.65. The minimum Gasteiger partial charge on any atom is -0.467 e. The molecule has 8 heteroatoms. The van der Waals surface area contributed by atoms with Crippen LogP contribution in [0.4, 0.5) is 0 Å². The minimum absolute atomic E-state index is 0.0140. The molecule has 0 radical (unpaired) electrons. The maximum atomic E-state index is 13.4. The van der Waals surface area contributed by atoms with Crippen LogP contribution in [0.2, 0.25) is 5.02 Å². The molecule has 1 amide bonds. The van der Waals surface area contributed by atoms with Crippen LogP contribution in [0, 0.1) is 17.3 Å². The van der Waals surface area contributed by atoms with Gasteiger partial charge in [0, 0.05) is 40.6 Å². The summed E-state index contributed by atoms with van der Waals surface area (Å²) in [7, 11) is 1.27. The van der Waals surface area contributed by atoms with Crippen molar-refractivity contribution in [1.29, 1.82) is 0 Å². The average Bonchev–Trinajstić information content (AvgIpc) is 3.21. The van der Waals surface area contributed by atoms with Gasteiger partial charge in [-0.25, -0.2) is 4.79 Å². The van der Waals surface area contributed by atoms with E-state index in [-0.39, 0.29) is 41.6 Å². The number of fused-ring (bicyclic) bond motifs is 1. The number of hydrogen-bond acceptors (Lipinski definition) is 5. The molecular weight excluding hydrogens is 468 g/mol. The fraction of sp³-hybridized carbons (Fsp3) is 0.556. The molecule has 7 nitrogen and oxygen atoms in total. The predicted molar refractivity (Wildman–Crippen MR) is 135 cm³/mol. The first kappa shape index (κ1) is 26.9. The standard InChI is InChI=1S/C27H35ClN2O5/c1-27(2,3)15-18(13-24(32)21-11-16-9-10-19(28)14-20(16)29-21)25(33)30-22(26(34)35-4)12-17-7-5-6-8-23(17)31/h9-11,14,17-18,22,29H,5-8,12-13,15H2,1-4H3,(H,30,33)/t17-,18-,22-/m0/s1. The first-order valence-electron chi connectivity index (χ1n) is 12.2. The molecule has 1 aromatic carbocycles. The van der Waals surface area contributed by atoms with Gasteiger partial charge >= 0.3 is 5.97 Å². The van der Waals surface area contributed by atoms with Crippen molar-refractivity contribution in [3.63, 3.8) is 0 Å². The Morgan fingerprint density at radius 2 is 1.94 bits per heavy atom. The molecule has 1 fully saturated rings. The number of carbonyl (C=O) groups is 4. The van der Waals surface area contributed by atoms with Gasteiger partial charge in [0.2, 0.25) is 5.91 Å². The Bertz CT molecular complexity index is 1100. The maximum Gasteiger partial charge on any atom is 0.328 e. The second-order valence-electron chi connectivity index (χ2n) is 10.7. The molecule has 190 valence electrons. The van der Waals surface area contributed by atoms with Crippen molar-refractivity contribution < 1.29 is 23.9 Å². The molecule has 35 heavy (non-hydrogen) atoms. The number of H-pyrrole nitrogens is 1. The summed E-state index contributed by atoms with van der Waals surface area (Å²) in [5.74, 6) is -1.95. The number of ether oxygens (including phenoxy) is 1. The monoisotopic (exact) mass is 502 g/mol. The highest BCUT2D eigenvalue weighted by molar-refractivity contribution is 6.31. The first-order chi connectivity index (χ1) is 16.5. The van der Waals surface area contributed by atoms with E-state index in [1.54, 1.807) is 18.2 Å². The topological polar surface area (TPSA) is 105 Å². The zero-order chi connectivity index (χ0) is 25.8. The highest BCUT2D eigenvalue weighted by atomic mass is 35.5. The van der Waals surface area contributed by atoms with Gasteiger partial charge in [-0.05, 0) is 49.3 Å². The SMILES string of the molecule is COC(=O)[C@H](C[C@@H]1CCCCC1=O)NC(=O)[C@@H](CC(=O)c1cc2ccc(Cl)cc2[nH]1)CC(C)(C)C. The third kappa shape index (κ3) is 7.40. The van der Waals surface area contributed by atoms with E-state index in [1.807, 2.05) is 26.8 Å². The van der Waals surface area contributed by atoms with Crippen LogP contribution in [0.3, 0.4) is 0 Å². The Kier molecular flexibility index (Phi) is 8.75. The Labute approximate surface area is 211 Å². The van der Waals surface area contributed by atoms with E-state index in [0.29, 0.717) is 30.0 Å². The summed E-state index contributed by atoms with van der Waals surface area (Å²) in [5.41, 5.74) is 0.933. The lowest BCUT2D eigenvalue weighted by atomic mass is 9.81. The van der Waals surface area contributed by atoms with Crippen molar-refractivity contribution in [3.05, 3.63) is 35.0 Å². The van der Waals surface area contributed by atoms with Gasteiger partial charge in [-0.2, -0.15) is 0 Å². The number of carbonyl (C=O) groups excluding carboxylic acids is 4. The van der Waals surface area contributed by atoms with E-state index >= 15 is 0 Å². The number of hydrogen-bond donors (Lipinski definition) is 2. The van der Waals surface area contributed by atoms with E-state index in [0.717, 1.165) is 23.7 Å². The lowest BCUT2D eigenvalue weighted by molar-refractivity contribution is -0.146. The lowest BCUT2D eigenvalue weighted by Gasteiger charge is -2.28. The maximum absolute atomic E-state index is 13.4. The van der Waals surface area contributed by atoms with Gasteiger partial charge in [0.25, 0.3) is 0 Å². The molecule has 0 saturated heterocycles. The number of ketones is 2. The molecule has 0 bridgehead atoms. The van der Waals surface area contributed by atoms with Gasteiger partial charge in [0.05, 0.1) is 12.8 Å². The summed E-state index contributed by atoms with van der Waals surface area (Å²) in [6.45, 7) is 6.00. The second-order valence-corrected chi connectivity index (χ2v) is 11.2. The van der Waals surface area contributed by atoms with E-state index in [1.165, 1.54) is 7.11 Å². The minimum atomic E-state index is -0.924. The Morgan fingerprint density at radius 1 is 1.20 bits per heavy atom. The summed E-state index contributed by atoms with van der Waals surface area (Å²) in [5, 5.41) is 4.23. The van der Waals surface area contributed by atoms with E-state index in [2.05, 4.69) is 10.3 Å². The summed E-state index contributed by atoms with van der Waals surface area (Å²) < 4.78 is 4.92. The molecule has 3 atom stereocenters. The van der Waals surface area contributed by atoms with Gasteiger partial charge < -0.3 is 15.0 Å². The Hall–Kier alpha value is -2.67. The summed E-state index contributed by atoms with van der Waals surface area (Å²) >= 11 is 6.05. The van der Waals surface area contributed by atoms with Crippen LogP contribution in [0.1, 0.15) is 76.2 Å². The predicted octanol–water partition coefficient (Wildman–Crippen LogP) is 5.25. The molecule has 2 aromatic rings. The number of aromatic amines is 1. The molecule has 0 aliphatic heterocycles. The van der Waals surface area contributed by atoms with Crippen LogP contribution in [0.5, 0.6) is 0 Å². The van der Waals surface area contributed by atoms with Crippen LogP contribution in [-0.2, 0) is 19.1 Å². The average molecular weight is 503 g/mol. The number of esters is 1. The molecule has 1 aliphatic carbocycles. The van der Waals surface area contributed by atoms with Gasteiger partial charge in [-0.15, -0.1) is 0 Å². The van der Waals surface area contributed by atoms with Gasteiger partial charge in [0.1, 0.15) is 11.8 Å². The normalized spacial score (nSPS) is 18.2. The van der Waals surface area contributed by atoms with E-state index in [4.69, 9.17) is 16.3 Å². The number of aromatic nitrogens is 1. The lowest BCUT2D eigenvalue weighted by Crippen LogP contribution is -2.47. The van der Waals surface area contributed by atoms with Crippen LogP contribution in [0.25, 0.3) is 10.9 Å². The van der Waals surface area contributed by atoms with Gasteiger partial charge in [-0.3, -0.25) is 14.4 Å². The van der Waals surface area contributed by atoms with Crippen molar-refractivity contribution in [1.82, 2.24) is 10.3 Å². The quantitative estimate of drug-likeness (QED) is 0.359. The summed E-state index contributed by atoms with van der Waals surface area (Å²) in [4.78, 5) is 54.4. The van der Waals surface area contributed by atoms with Crippen LogP contribution in [-0.4, -0.2) is 41.6 Å². The fourth-order valence-electron chi connectivity index (χ4n) is 4.81. The highest BCUT2D eigenvalue weighted by Crippen LogP contribution is 2.30. The number of rotatable bonds is 9. The fourth-order valence-corrected chi connectivity index (χ4v) is 4.99. The third-order valence-electron chi connectivity index (χ3n) is 6.55. The van der Waals surface area contributed by atoms with Crippen LogP contribution in [0.15, 0.2) is 24.3 Å². The van der Waals surface area contributed by atoms with Crippen molar-refractivity contribution in [3.8, 4) is 0 Å². The zero-order valence-corrected chi connectivity index (χ0v) is 21.7. The van der Waals surface area contributed by atoms with Crippen molar-refractivity contribution in [2.75, 3.05) is 7.11 Å². The molecule has 3 rings (SSSR count). The van der Waals surface area contributed by atoms with Crippen molar-refractivity contribution in [2.24, 2.45) is 17.3 Å². The molecule has 1 aliphatic rings. The number of nitrogens with one attached hydrogen (secondary N) is 2.